The van der Waals surface area contributed by atoms with Crippen molar-refractivity contribution in [2.75, 3.05) is 7.05 Å². The summed E-state index contributed by atoms with van der Waals surface area (Å²) < 4.78 is 2.05. The van der Waals surface area contributed by atoms with Crippen LogP contribution in [-0.4, -0.2) is 26.3 Å². The Morgan fingerprint density at radius 2 is 2.15 bits per heavy atom. The van der Waals surface area contributed by atoms with Crippen molar-refractivity contribution in [1.82, 2.24) is 19.3 Å². The molecule has 3 aromatic heterocycles. The van der Waals surface area contributed by atoms with Gasteiger partial charge in [0, 0.05) is 37.4 Å². The first-order valence-corrected chi connectivity index (χ1v) is 6.77. The zero-order valence-corrected chi connectivity index (χ0v) is 11.8. The lowest BCUT2D eigenvalue weighted by Crippen LogP contribution is -2.22. The molecular formula is C16H18N4. The maximum atomic E-state index is 4.63. The number of nitrogens with zero attached hydrogens (tertiary/aromatic N) is 4. The average Bonchev–Trinajstić information content (AvgIpc) is 2.89. The Kier molecular flexibility index (Phi) is 3.48. The third-order valence-corrected chi connectivity index (χ3v) is 3.65. The zero-order valence-electron chi connectivity index (χ0n) is 11.8. The fourth-order valence-electron chi connectivity index (χ4n) is 2.33. The Morgan fingerprint density at radius 1 is 1.25 bits per heavy atom. The molecule has 20 heavy (non-hydrogen) atoms. The minimum Gasteiger partial charge on any atom is -0.307 e. The molecule has 0 saturated carbocycles. The van der Waals surface area contributed by atoms with Crippen LogP contribution in [0.1, 0.15) is 24.2 Å². The van der Waals surface area contributed by atoms with Gasteiger partial charge in [0.05, 0.1) is 5.69 Å². The van der Waals surface area contributed by atoms with Gasteiger partial charge in [0.15, 0.2) is 0 Å². The van der Waals surface area contributed by atoms with Gasteiger partial charge in [-0.2, -0.15) is 0 Å². The van der Waals surface area contributed by atoms with E-state index < -0.39 is 0 Å². The molecule has 3 heterocycles. The predicted octanol–water partition coefficient (Wildman–Crippen LogP) is 2.92. The lowest BCUT2D eigenvalue weighted by atomic mass is 10.1. The lowest BCUT2D eigenvalue weighted by Gasteiger charge is -2.23. The van der Waals surface area contributed by atoms with Gasteiger partial charge in [0.25, 0.3) is 0 Å². The summed E-state index contributed by atoms with van der Waals surface area (Å²) >= 11 is 0. The number of hydrogen-bond acceptors (Lipinski definition) is 3. The van der Waals surface area contributed by atoms with Gasteiger partial charge in [-0.25, -0.2) is 4.98 Å². The number of imidazole rings is 1. The smallest absolute Gasteiger partial charge is 0.137 e. The summed E-state index contributed by atoms with van der Waals surface area (Å²) in [5.41, 5.74) is 3.29. The molecule has 0 aliphatic carbocycles. The second kappa shape index (κ2) is 5.43. The Morgan fingerprint density at radius 3 is 2.90 bits per heavy atom. The minimum absolute atomic E-state index is 0.313. The Hall–Kier alpha value is -2.20. The number of hydrogen-bond donors (Lipinski definition) is 0. The number of rotatable bonds is 4. The molecule has 1 unspecified atom stereocenters. The molecule has 0 spiro atoms. The van der Waals surface area contributed by atoms with Gasteiger partial charge in [0.2, 0.25) is 0 Å². The fourth-order valence-corrected chi connectivity index (χ4v) is 2.33. The van der Waals surface area contributed by atoms with E-state index in [1.807, 2.05) is 36.7 Å². The van der Waals surface area contributed by atoms with E-state index in [4.69, 9.17) is 0 Å². The summed E-state index contributed by atoms with van der Waals surface area (Å²) in [5, 5.41) is 0. The molecule has 0 N–H and O–H groups in total. The van der Waals surface area contributed by atoms with Crippen molar-refractivity contribution in [2.24, 2.45) is 0 Å². The van der Waals surface area contributed by atoms with Crippen molar-refractivity contribution in [3.05, 3.63) is 66.4 Å². The van der Waals surface area contributed by atoms with Crippen LogP contribution in [0.2, 0.25) is 0 Å². The summed E-state index contributed by atoms with van der Waals surface area (Å²) in [7, 11) is 2.11. The summed E-state index contributed by atoms with van der Waals surface area (Å²) in [6.07, 6.45) is 7.83. The summed E-state index contributed by atoms with van der Waals surface area (Å²) in [6.45, 7) is 3.00. The molecule has 0 bridgehead atoms. The van der Waals surface area contributed by atoms with Crippen LogP contribution in [0.5, 0.6) is 0 Å². The zero-order chi connectivity index (χ0) is 13.9. The van der Waals surface area contributed by atoms with Gasteiger partial charge in [-0.05, 0) is 37.7 Å². The topological polar surface area (TPSA) is 33.4 Å². The second-order valence-corrected chi connectivity index (χ2v) is 5.08. The number of aromatic nitrogens is 3. The maximum Gasteiger partial charge on any atom is 0.137 e. The van der Waals surface area contributed by atoms with E-state index >= 15 is 0 Å². The standard InChI is InChI=1S/C16H18N4/c1-13(14-6-5-8-17-10-14)19(2)11-15-12-20-9-4-3-7-16(20)18-15/h3-10,12-13H,11H2,1-2H3. The van der Waals surface area contributed by atoms with Crippen LogP contribution in [0, 0.1) is 0 Å². The Bertz CT molecular complexity index is 657. The van der Waals surface area contributed by atoms with Crippen LogP contribution in [0.3, 0.4) is 0 Å². The third-order valence-electron chi connectivity index (χ3n) is 3.65. The largest absolute Gasteiger partial charge is 0.307 e. The van der Waals surface area contributed by atoms with Crippen LogP contribution in [0.25, 0.3) is 5.65 Å². The third kappa shape index (κ3) is 2.56. The van der Waals surface area contributed by atoms with Crippen LogP contribution in [0.15, 0.2) is 55.1 Å². The van der Waals surface area contributed by atoms with E-state index in [9.17, 15) is 0 Å². The highest BCUT2D eigenvalue weighted by Gasteiger charge is 2.13. The highest BCUT2D eigenvalue weighted by Crippen LogP contribution is 2.19. The van der Waals surface area contributed by atoms with E-state index in [0.29, 0.717) is 6.04 Å². The van der Waals surface area contributed by atoms with Crippen molar-refractivity contribution in [2.45, 2.75) is 19.5 Å². The quantitative estimate of drug-likeness (QED) is 0.728. The van der Waals surface area contributed by atoms with Gasteiger partial charge in [0.1, 0.15) is 5.65 Å². The van der Waals surface area contributed by atoms with Crippen molar-refractivity contribution < 1.29 is 0 Å². The second-order valence-electron chi connectivity index (χ2n) is 5.08. The molecule has 0 amide bonds. The molecule has 0 radical (unpaired) electrons. The molecule has 3 aromatic rings. The van der Waals surface area contributed by atoms with Crippen LogP contribution in [0.4, 0.5) is 0 Å². The Balaban J connectivity index is 1.76. The molecule has 0 aromatic carbocycles. The first-order valence-electron chi connectivity index (χ1n) is 6.77. The van der Waals surface area contributed by atoms with Crippen molar-refractivity contribution in [1.29, 1.82) is 0 Å². The fraction of sp³-hybridized carbons (Fsp3) is 0.250. The van der Waals surface area contributed by atoms with E-state index in [2.05, 4.69) is 45.5 Å². The molecule has 4 nitrogen and oxygen atoms in total. The summed E-state index contributed by atoms with van der Waals surface area (Å²) in [4.78, 5) is 11.1. The summed E-state index contributed by atoms with van der Waals surface area (Å²) in [6, 6.07) is 10.4. The first kappa shape index (κ1) is 12.8. The van der Waals surface area contributed by atoms with Gasteiger partial charge >= 0.3 is 0 Å². The first-order chi connectivity index (χ1) is 9.74. The van der Waals surface area contributed by atoms with E-state index in [1.165, 1.54) is 5.56 Å². The monoisotopic (exact) mass is 266 g/mol. The molecule has 0 aliphatic rings. The minimum atomic E-state index is 0.313. The van der Waals surface area contributed by atoms with Gasteiger partial charge in [-0.1, -0.05) is 12.1 Å². The number of pyridine rings is 2. The van der Waals surface area contributed by atoms with Crippen molar-refractivity contribution in [3.8, 4) is 0 Å². The molecule has 4 heteroatoms. The summed E-state index contributed by atoms with van der Waals surface area (Å²) in [5.74, 6) is 0. The Labute approximate surface area is 118 Å². The van der Waals surface area contributed by atoms with E-state index in [-0.39, 0.29) is 0 Å². The van der Waals surface area contributed by atoms with Crippen LogP contribution >= 0.6 is 0 Å². The molecule has 0 saturated heterocycles. The highest BCUT2D eigenvalue weighted by molar-refractivity contribution is 5.39. The van der Waals surface area contributed by atoms with E-state index in [1.54, 1.807) is 6.20 Å². The van der Waals surface area contributed by atoms with Gasteiger partial charge in [-0.15, -0.1) is 0 Å². The SMILES string of the molecule is CC(c1cccnc1)N(C)Cc1cn2ccccc2n1. The highest BCUT2D eigenvalue weighted by atomic mass is 15.1. The molecule has 0 fully saturated rings. The predicted molar refractivity (Wildman–Crippen MR) is 79.3 cm³/mol. The van der Waals surface area contributed by atoms with Gasteiger partial charge < -0.3 is 4.40 Å². The molecule has 1 atom stereocenters. The molecule has 0 aliphatic heterocycles. The van der Waals surface area contributed by atoms with Gasteiger partial charge in [-0.3, -0.25) is 9.88 Å². The maximum absolute atomic E-state index is 4.63. The number of fused-ring (bicyclic) bond motifs is 1. The lowest BCUT2D eigenvalue weighted by molar-refractivity contribution is 0.250. The van der Waals surface area contributed by atoms with Crippen molar-refractivity contribution in [3.63, 3.8) is 0 Å². The van der Waals surface area contributed by atoms with E-state index in [0.717, 1.165) is 17.9 Å². The van der Waals surface area contributed by atoms with Crippen LogP contribution < -0.4 is 0 Å². The normalized spacial score (nSPS) is 12.9. The molecule has 3 rings (SSSR count). The molecule has 102 valence electrons. The average molecular weight is 266 g/mol. The molecular weight excluding hydrogens is 248 g/mol. The van der Waals surface area contributed by atoms with Crippen LogP contribution in [-0.2, 0) is 6.54 Å². The van der Waals surface area contributed by atoms with Crippen molar-refractivity contribution >= 4 is 5.65 Å².